The summed E-state index contributed by atoms with van der Waals surface area (Å²) in [6, 6.07) is 9.44. The third kappa shape index (κ3) is 4.62. The van der Waals surface area contributed by atoms with E-state index in [1.54, 1.807) is 4.57 Å². The van der Waals surface area contributed by atoms with E-state index >= 15 is 0 Å². The Morgan fingerprint density at radius 2 is 1.67 bits per heavy atom. The number of benzene rings is 1. The molecule has 0 atom stereocenters. The van der Waals surface area contributed by atoms with Crippen molar-refractivity contribution in [1.82, 2.24) is 14.5 Å². The van der Waals surface area contributed by atoms with Gasteiger partial charge in [0.25, 0.3) is 5.16 Å². The fourth-order valence-corrected chi connectivity index (χ4v) is 6.70. The van der Waals surface area contributed by atoms with E-state index in [4.69, 9.17) is 13.1 Å². The van der Waals surface area contributed by atoms with E-state index < -0.39 is 22.5 Å². The minimum atomic E-state index is -2.89. The number of likely N-dealkylation sites (tertiary alicyclic amines) is 1. The Bertz CT molecular complexity index is 1070. The average molecular weight is 470 g/mol. The van der Waals surface area contributed by atoms with E-state index in [0.717, 1.165) is 37.3 Å². The number of hydrogen-bond donors (Lipinski definition) is 0. The molecule has 9 heteroatoms. The first-order chi connectivity index (χ1) is 16.1. The Morgan fingerprint density at radius 3 is 2.36 bits per heavy atom. The van der Waals surface area contributed by atoms with Crippen LogP contribution in [0.2, 0.25) is 0 Å². The number of carbonyl (C=O) groups is 2. The van der Waals surface area contributed by atoms with E-state index in [9.17, 15) is 9.59 Å². The minimum absolute atomic E-state index is 0.331. The maximum atomic E-state index is 12.4. The largest absolute Gasteiger partial charge is 0.374 e. The molecule has 4 heterocycles. The molecule has 5 rings (SSSR count). The third-order valence-corrected chi connectivity index (χ3v) is 8.35. The van der Waals surface area contributed by atoms with E-state index in [1.165, 1.54) is 25.7 Å². The van der Waals surface area contributed by atoms with Crippen LogP contribution in [0.4, 0.5) is 0 Å². The van der Waals surface area contributed by atoms with Crippen LogP contribution in [-0.2, 0) is 29.3 Å². The molecule has 33 heavy (non-hydrogen) atoms. The van der Waals surface area contributed by atoms with Gasteiger partial charge in [-0.2, -0.15) is 0 Å². The van der Waals surface area contributed by atoms with Gasteiger partial charge in [-0.15, -0.1) is 0 Å². The minimum Gasteiger partial charge on any atom is -0.374 e. The lowest BCUT2D eigenvalue weighted by Crippen LogP contribution is -2.28. The van der Waals surface area contributed by atoms with Crippen molar-refractivity contribution in [1.29, 1.82) is 0 Å². The Hall–Kier alpha value is -2.88. The van der Waals surface area contributed by atoms with E-state index in [2.05, 4.69) is 9.88 Å². The van der Waals surface area contributed by atoms with Gasteiger partial charge in [-0.1, -0.05) is 43.2 Å². The molecule has 2 aromatic rings. The summed E-state index contributed by atoms with van der Waals surface area (Å²) in [5, 5.41) is 0.401. The number of ether oxygens (including phenoxy) is 1. The van der Waals surface area contributed by atoms with Crippen LogP contribution in [0.5, 0.6) is 0 Å². The summed E-state index contributed by atoms with van der Waals surface area (Å²) < 4.78 is 19.2. The summed E-state index contributed by atoms with van der Waals surface area (Å²) in [7, 11) is -2.89. The first-order valence-electron chi connectivity index (χ1n) is 11.3. The van der Waals surface area contributed by atoms with Crippen molar-refractivity contribution in [3.05, 3.63) is 59.9 Å². The number of nitrogens with zero attached hydrogens (tertiary/aromatic N) is 3. The van der Waals surface area contributed by atoms with Gasteiger partial charge >= 0.3 is 11.9 Å². The molecular weight excluding hydrogens is 442 g/mol. The van der Waals surface area contributed by atoms with Gasteiger partial charge in [-0.05, 0) is 36.5 Å². The monoisotopic (exact) mass is 469 g/mol. The van der Waals surface area contributed by atoms with Gasteiger partial charge in [0.15, 0.2) is 0 Å². The highest BCUT2D eigenvalue weighted by Gasteiger charge is 2.45. The number of carbonyl (C=O) groups excluding carboxylic acids is 2. The van der Waals surface area contributed by atoms with Crippen molar-refractivity contribution < 1.29 is 22.7 Å². The number of hydrogen-bond acceptors (Lipinski definition) is 7. The molecule has 0 bridgehead atoms. The van der Waals surface area contributed by atoms with Gasteiger partial charge in [0, 0.05) is 36.7 Å². The topological polar surface area (TPSA) is 82.9 Å². The highest BCUT2D eigenvalue weighted by Crippen LogP contribution is 2.70. The molecule has 0 amide bonds. The molecule has 0 radical (unpaired) electrons. The molecule has 3 aliphatic rings. The van der Waals surface area contributed by atoms with Gasteiger partial charge in [0.2, 0.25) is 0 Å². The summed E-state index contributed by atoms with van der Waals surface area (Å²) in [6.07, 6.45) is 11.0. The van der Waals surface area contributed by atoms with Crippen LogP contribution < -0.4 is 0 Å². The third-order valence-electron chi connectivity index (χ3n) is 5.85. The summed E-state index contributed by atoms with van der Waals surface area (Å²) in [4.78, 5) is 32.5. The van der Waals surface area contributed by atoms with Crippen molar-refractivity contribution in [3.8, 4) is 0 Å². The SMILES string of the molecule is O=C1C=CC(=O)OS2(O1)C(c1ccccc1)=Cn1cc(COCCN3CCCCCC3)nc12. The molecule has 3 aliphatic heterocycles. The second-order valence-corrected chi connectivity index (χ2v) is 10.4. The molecule has 174 valence electrons. The first kappa shape index (κ1) is 21.9. The highest BCUT2D eigenvalue weighted by atomic mass is 32.3. The summed E-state index contributed by atoms with van der Waals surface area (Å²) in [5.74, 6) is -1.27. The molecule has 0 unspecified atom stereocenters. The molecule has 8 nitrogen and oxygen atoms in total. The molecule has 1 fully saturated rings. The number of aromatic nitrogens is 2. The average Bonchev–Trinajstić information content (AvgIpc) is 3.13. The van der Waals surface area contributed by atoms with Gasteiger partial charge in [-0.25, -0.2) is 14.6 Å². The van der Waals surface area contributed by atoms with Crippen LogP contribution >= 0.6 is 10.6 Å². The van der Waals surface area contributed by atoms with Gasteiger partial charge in [0.1, 0.15) is 4.91 Å². The van der Waals surface area contributed by atoms with E-state index in [1.807, 2.05) is 42.7 Å². The normalized spacial score (nSPS) is 21.0. The van der Waals surface area contributed by atoms with Gasteiger partial charge in [0.05, 0.1) is 18.9 Å². The molecule has 1 aromatic heterocycles. The van der Waals surface area contributed by atoms with Crippen molar-refractivity contribution in [2.24, 2.45) is 0 Å². The van der Waals surface area contributed by atoms with Crippen molar-refractivity contribution >= 4 is 33.6 Å². The zero-order chi connectivity index (χ0) is 22.7. The molecule has 1 saturated heterocycles. The Kier molecular flexibility index (Phi) is 6.34. The zero-order valence-electron chi connectivity index (χ0n) is 18.4. The maximum absolute atomic E-state index is 12.4. The smallest absolute Gasteiger partial charge is 0.354 e. The predicted molar refractivity (Wildman–Crippen MR) is 125 cm³/mol. The second-order valence-electron chi connectivity index (χ2n) is 8.23. The lowest BCUT2D eigenvalue weighted by Gasteiger charge is -2.36. The molecule has 0 aliphatic carbocycles. The van der Waals surface area contributed by atoms with Crippen molar-refractivity contribution in [2.75, 3.05) is 26.2 Å². The predicted octanol–water partition coefficient (Wildman–Crippen LogP) is 3.89. The van der Waals surface area contributed by atoms with Crippen LogP contribution in [0.15, 0.2) is 53.8 Å². The molecule has 0 saturated carbocycles. The molecular formula is C24H27N3O5S. The molecule has 1 aromatic carbocycles. The number of fused-ring (bicyclic) bond motifs is 2. The van der Waals surface area contributed by atoms with Gasteiger partial charge in [-0.3, -0.25) is 4.57 Å². The second kappa shape index (κ2) is 9.54. The summed E-state index contributed by atoms with van der Waals surface area (Å²) in [6.45, 7) is 4.12. The number of imidazole rings is 1. The quantitative estimate of drug-likeness (QED) is 0.594. The van der Waals surface area contributed by atoms with Gasteiger partial charge < -0.3 is 18.0 Å². The van der Waals surface area contributed by atoms with Crippen LogP contribution in [-0.4, -0.2) is 52.6 Å². The van der Waals surface area contributed by atoms with Crippen molar-refractivity contribution in [2.45, 2.75) is 37.4 Å². The first-order valence-corrected chi connectivity index (χ1v) is 12.8. The lowest BCUT2D eigenvalue weighted by atomic mass is 10.2. The summed E-state index contributed by atoms with van der Waals surface area (Å²) in [5.41, 5.74) is 1.50. The fourth-order valence-electron chi connectivity index (χ4n) is 4.25. The van der Waals surface area contributed by atoms with Crippen molar-refractivity contribution in [3.63, 3.8) is 0 Å². The highest BCUT2D eigenvalue weighted by molar-refractivity contribution is 8.34. The maximum Gasteiger partial charge on any atom is 0.354 e. The lowest BCUT2D eigenvalue weighted by molar-refractivity contribution is -0.129. The van der Waals surface area contributed by atoms with E-state index in [0.29, 0.717) is 29.0 Å². The fraction of sp³-hybridized carbons (Fsp3) is 0.375. The Balaban J connectivity index is 1.35. The summed E-state index contributed by atoms with van der Waals surface area (Å²) >= 11 is 0. The van der Waals surface area contributed by atoms with Crippen LogP contribution in [0.3, 0.4) is 0 Å². The molecule has 0 N–H and O–H groups in total. The molecule has 1 spiro atoms. The van der Waals surface area contributed by atoms with Crippen LogP contribution in [0, 0.1) is 0 Å². The zero-order valence-corrected chi connectivity index (χ0v) is 19.2. The van der Waals surface area contributed by atoms with E-state index in [-0.39, 0.29) is 0 Å². The Morgan fingerprint density at radius 1 is 0.970 bits per heavy atom. The standard InChI is InChI=1S/C24H27N3O5S/c28-22-10-11-23(29)32-33(31-22)21(19-8-4-3-5-9-19)17-27-16-20(25-24(27)33)18-30-15-14-26-12-6-1-2-7-13-26/h3-5,8-11,16-17H,1-2,6-7,12-15,18H2. The number of rotatable bonds is 6. The van der Waals surface area contributed by atoms with Crippen LogP contribution in [0.1, 0.15) is 36.9 Å². The van der Waals surface area contributed by atoms with Crippen LogP contribution in [0.25, 0.3) is 11.1 Å². The Labute approximate surface area is 194 Å².